The molecule has 2 aromatic carbocycles. The minimum Gasteiger partial charge on any atom is -0.494 e. The van der Waals surface area contributed by atoms with Crippen LogP contribution in [0.3, 0.4) is 0 Å². The van der Waals surface area contributed by atoms with Crippen LogP contribution in [0.5, 0.6) is 28.9 Å². The van der Waals surface area contributed by atoms with E-state index >= 15 is 0 Å². The van der Waals surface area contributed by atoms with E-state index in [1.165, 1.54) is 0 Å². The van der Waals surface area contributed by atoms with Crippen LogP contribution < -0.4 is 29.4 Å². The van der Waals surface area contributed by atoms with Crippen molar-refractivity contribution in [2.45, 2.75) is 12.8 Å². The molecule has 0 radical (unpaired) electrons. The summed E-state index contributed by atoms with van der Waals surface area (Å²) in [4.78, 5) is 0. The number of allylic oxidation sites excluding steroid dienone is 1. The van der Waals surface area contributed by atoms with Gasteiger partial charge in [0.25, 0.3) is 0 Å². The van der Waals surface area contributed by atoms with Crippen LogP contribution in [0.1, 0.15) is 24.0 Å². The molecule has 9 nitrogen and oxygen atoms in total. The van der Waals surface area contributed by atoms with Crippen LogP contribution in [0.25, 0.3) is 11.3 Å². The summed E-state index contributed by atoms with van der Waals surface area (Å²) < 4.78 is 28.0. The Morgan fingerprint density at radius 2 is 1.79 bits per heavy atom. The van der Waals surface area contributed by atoms with Crippen molar-refractivity contribution < 1.29 is 23.7 Å². The highest BCUT2D eigenvalue weighted by molar-refractivity contribution is 5.75. The molecule has 9 heteroatoms. The first kappa shape index (κ1) is 21.9. The predicted molar refractivity (Wildman–Crippen MR) is 121 cm³/mol. The first-order valence-corrected chi connectivity index (χ1v) is 10.3. The highest BCUT2D eigenvalue weighted by Crippen LogP contribution is 2.49. The van der Waals surface area contributed by atoms with Crippen molar-refractivity contribution in [2.75, 3.05) is 27.9 Å². The summed E-state index contributed by atoms with van der Waals surface area (Å²) in [6.45, 7) is 2.38. The lowest BCUT2D eigenvalue weighted by atomic mass is 9.82. The number of nitrogens with zero attached hydrogens (tertiary/aromatic N) is 2. The fourth-order valence-corrected chi connectivity index (χ4v) is 4.01. The van der Waals surface area contributed by atoms with Crippen LogP contribution in [0.4, 0.5) is 0 Å². The zero-order chi connectivity index (χ0) is 23.5. The SMILES string of the molecule is CCOc1ccccc1[C@H]1C(C#N)=C(N)Oc2n[nH]c(-c3cc(OC)c(OC)c(OC)c3)c21. The van der Waals surface area contributed by atoms with Gasteiger partial charge in [0, 0.05) is 11.1 Å². The zero-order valence-electron chi connectivity index (χ0n) is 18.8. The van der Waals surface area contributed by atoms with Gasteiger partial charge in [-0.25, -0.2) is 0 Å². The van der Waals surface area contributed by atoms with Crippen LogP contribution in [0, 0.1) is 11.3 Å². The van der Waals surface area contributed by atoms with Crippen LogP contribution in [0.2, 0.25) is 0 Å². The maximum atomic E-state index is 9.98. The van der Waals surface area contributed by atoms with Gasteiger partial charge in [0.05, 0.1) is 45.1 Å². The normalized spacial score (nSPS) is 14.7. The fourth-order valence-electron chi connectivity index (χ4n) is 4.01. The predicted octanol–water partition coefficient (Wildman–Crippen LogP) is 3.72. The topological polar surface area (TPSA) is 125 Å². The Morgan fingerprint density at radius 3 is 2.39 bits per heavy atom. The number of nitriles is 1. The summed E-state index contributed by atoms with van der Waals surface area (Å²) in [6.07, 6.45) is 0. The first-order chi connectivity index (χ1) is 16.1. The smallest absolute Gasteiger partial charge is 0.244 e. The molecule has 0 unspecified atom stereocenters. The molecule has 2 heterocycles. The van der Waals surface area contributed by atoms with Crippen molar-refractivity contribution in [3.8, 4) is 46.2 Å². The van der Waals surface area contributed by atoms with E-state index in [2.05, 4.69) is 16.3 Å². The summed E-state index contributed by atoms with van der Waals surface area (Å²) in [5.41, 5.74) is 9.15. The van der Waals surface area contributed by atoms with E-state index in [4.69, 9.17) is 29.4 Å². The van der Waals surface area contributed by atoms with Crippen LogP contribution in [0.15, 0.2) is 47.9 Å². The Labute approximate surface area is 191 Å². The fraction of sp³-hybridized carbons (Fsp3) is 0.250. The van der Waals surface area contributed by atoms with Gasteiger partial charge in [-0.2, -0.15) is 5.26 Å². The zero-order valence-corrected chi connectivity index (χ0v) is 18.8. The third-order valence-electron chi connectivity index (χ3n) is 5.42. The minimum absolute atomic E-state index is 0.00393. The van der Waals surface area contributed by atoms with Gasteiger partial charge in [0.15, 0.2) is 11.5 Å². The summed E-state index contributed by atoms with van der Waals surface area (Å²) in [5, 5.41) is 17.3. The Morgan fingerprint density at radius 1 is 1.09 bits per heavy atom. The molecule has 0 spiro atoms. The molecule has 0 amide bonds. The van der Waals surface area contributed by atoms with Crippen molar-refractivity contribution in [1.29, 1.82) is 5.26 Å². The van der Waals surface area contributed by atoms with E-state index in [0.29, 0.717) is 46.4 Å². The molecule has 0 fully saturated rings. The Kier molecular flexibility index (Phi) is 6.00. The van der Waals surface area contributed by atoms with Crippen LogP contribution in [-0.4, -0.2) is 38.1 Å². The van der Waals surface area contributed by atoms with Crippen molar-refractivity contribution in [1.82, 2.24) is 10.2 Å². The number of nitrogens with two attached hydrogens (primary N) is 1. The van der Waals surface area contributed by atoms with Crippen LogP contribution in [-0.2, 0) is 0 Å². The van der Waals surface area contributed by atoms with Crippen LogP contribution >= 0.6 is 0 Å². The van der Waals surface area contributed by atoms with Crippen molar-refractivity contribution >= 4 is 0 Å². The Balaban J connectivity index is 1.97. The molecule has 4 rings (SSSR count). The molecule has 1 aliphatic rings. The third-order valence-corrected chi connectivity index (χ3v) is 5.42. The maximum absolute atomic E-state index is 9.98. The van der Waals surface area contributed by atoms with Gasteiger partial charge in [-0.05, 0) is 25.1 Å². The Bertz CT molecular complexity index is 1230. The van der Waals surface area contributed by atoms with E-state index in [1.807, 2.05) is 31.2 Å². The lowest BCUT2D eigenvalue weighted by Crippen LogP contribution is -2.21. The van der Waals surface area contributed by atoms with E-state index in [-0.39, 0.29) is 17.3 Å². The number of methoxy groups -OCH3 is 3. The number of benzene rings is 2. The molecule has 0 saturated carbocycles. The number of H-pyrrole nitrogens is 1. The standard InChI is InChI=1S/C24H24N4O5/c1-5-32-16-9-7-6-8-14(16)19-15(12-25)23(26)33-24-20(19)21(27-28-24)13-10-17(29-2)22(31-4)18(11-13)30-3/h6-11,19H,5,26H2,1-4H3,(H,27,28)/t19-/m0/s1. The number of hydrogen-bond donors (Lipinski definition) is 2. The second kappa shape index (κ2) is 9.04. The van der Waals surface area contributed by atoms with E-state index in [0.717, 1.165) is 5.56 Å². The van der Waals surface area contributed by atoms with Gasteiger partial charge in [0.1, 0.15) is 17.4 Å². The number of rotatable bonds is 7. The number of hydrogen-bond acceptors (Lipinski definition) is 8. The second-order valence-corrected chi connectivity index (χ2v) is 7.13. The lowest BCUT2D eigenvalue weighted by molar-refractivity contribution is 0.324. The first-order valence-electron chi connectivity index (χ1n) is 10.3. The van der Waals surface area contributed by atoms with Crippen molar-refractivity contribution in [3.05, 3.63) is 59.0 Å². The summed E-state index contributed by atoms with van der Waals surface area (Å²) in [6, 6.07) is 13.3. The maximum Gasteiger partial charge on any atom is 0.244 e. The van der Waals surface area contributed by atoms with Gasteiger partial charge in [0.2, 0.25) is 17.5 Å². The van der Waals surface area contributed by atoms with E-state index in [9.17, 15) is 5.26 Å². The highest BCUT2D eigenvalue weighted by atomic mass is 16.5. The molecule has 3 N–H and O–H groups in total. The number of ether oxygens (including phenoxy) is 5. The van der Waals surface area contributed by atoms with E-state index < -0.39 is 5.92 Å². The molecule has 0 saturated heterocycles. The summed E-state index contributed by atoms with van der Waals surface area (Å²) in [5.74, 6) is 1.80. The van der Waals surface area contributed by atoms with Gasteiger partial charge in [-0.1, -0.05) is 18.2 Å². The number of nitrogens with one attached hydrogen (secondary N) is 1. The molecule has 170 valence electrons. The molecule has 0 bridgehead atoms. The van der Waals surface area contributed by atoms with Gasteiger partial charge in [-0.15, -0.1) is 5.10 Å². The van der Waals surface area contributed by atoms with Crippen molar-refractivity contribution in [2.24, 2.45) is 5.73 Å². The van der Waals surface area contributed by atoms with Gasteiger partial charge in [-0.3, -0.25) is 5.10 Å². The Hall–Kier alpha value is -4.32. The molecule has 0 aliphatic carbocycles. The summed E-state index contributed by atoms with van der Waals surface area (Å²) >= 11 is 0. The molecule has 1 aliphatic heterocycles. The molecule has 1 atom stereocenters. The summed E-state index contributed by atoms with van der Waals surface area (Å²) in [7, 11) is 4.63. The lowest BCUT2D eigenvalue weighted by Gasteiger charge is -2.25. The monoisotopic (exact) mass is 448 g/mol. The minimum atomic E-state index is -0.561. The van der Waals surface area contributed by atoms with Gasteiger partial charge >= 0.3 is 0 Å². The third kappa shape index (κ3) is 3.65. The van der Waals surface area contributed by atoms with Gasteiger partial charge < -0.3 is 29.4 Å². The molecular formula is C24H24N4O5. The molecular weight excluding hydrogens is 424 g/mol. The molecule has 1 aromatic heterocycles. The average Bonchev–Trinajstić information content (AvgIpc) is 3.26. The largest absolute Gasteiger partial charge is 0.494 e. The molecule has 33 heavy (non-hydrogen) atoms. The van der Waals surface area contributed by atoms with E-state index in [1.54, 1.807) is 33.5 Å². The number of para-hydroxylation sites is 1. The second-order valence-electron chi connectivity index (χ2n) is 7.13. The van der Waals surface area contributed by atoms with Crippen molar-refractivity contribution in [3.63, 3.8) is 0 Å². The highest BCUT2D eigenvalue weighted by Gasteiger charge is 2.37. The quantitative estimate of drug-likeness (QED) is 0.560. The number of aromatic nitrogens is 2. The molecule has 3 aromatic rings. The number of fused-ring (bicyclic) bond motifs is 1. The number of aromatic amines is 1. The average molecular weight is 448 g/mol.